The summed E-state index contributed by atoms with van der Waals surface area (Å²) < 4.78 is 0. The Morgan fingerprint density at radius 2 is 1.91 bits per heavy atom. The molecule has 64 valence electrons. The van der Waals surface area contributed by atoms with Gasteiger partial charge >= 0.3 is 0 Å². The molecule has 0 unspecified atom stereocenters. The fraction of sp³-hybridized carbons (Fsp3) is 0.667. The summed E-state index contributed by atoms with van der Waals surface area (Å²) in [7, 11) is 4.10. The molecule has 0 aromatic heterocycles. The summed E-state index contributed by atoms with van der Waals surface area (Å²) in [5.41, 5.74) is 4.53. The Morgan fingerprint density at radius 3 is 2.18 bits per heavy atom. The molecular weight excluding hydrogens is 154 g/mol. The van der Waals surface area contributed by atoms with E-state index in [0.29, 0.717) is 0 Å². The van der Waals surface area contributed by atoms with E-state index >= 15 is 0 Å². The topological polar surface area (TPSA) is 3.24 Å². The van der Waals surface area contributed by atoms with Crippen LogP contribution in [0.3, 0.4) is 0 Å². The molecule has 0 aliphatic rings. The van der Waals surface area contributed by atoms with E-state index in [0.717, 1.165) is 5.75 Å². The Hall–Kier alpha value is -0.330. The number of rotatable bonds is 3. The normalized spacial score (nSPS) is 8.82. The lowest BCUT2D eigenvalue weighted by Gasteiger charge is -2.12. The van der Waals surface area contributed by atoms with Crippen LogP contribution in [0.5, 0.6) is 0 Å². The summed E-state index contributed by atoms with van der Waals surface area (Å²) in [6, 6.07) is 0. The van der Waals surface area contributed by atoms with Crippen molar-refractivity contribution in [3.8, 4) is 0 Å². The van der Waals surface area contributed by atoms with Crippen molar-refractivity contribution < 1.29 is 0 Å². The third-order valence-electron chi connectivity index (χ3n) is 1.04. The second kappa shape index (κ2) is 5.34. The van der Waals surface area contributed by atoms with Crippen molar-refractivity contribution in [3.05, 3.63) is 16.3 Å². The van der Waals surface area contributed by atoms with Gasteiger partial charge in [-0.15, -0.1) is 11.8 Å². The minimum atomic E-state index is 1.10. The van der Waals surface area contributed by atoms with Crippen molar-refractivity contribution in [2.75, 3.05) is 19.8 Å². The van der Waals surface area contributed by atoms with Crippen molar-refractivity contribution >= 4 is 11.8 Å². The van der Waals surface area contributed by atoms with Crippen LogP contribution in [0, 0.1) is 0 Å². The number of hydrogen-bond donors (Lipinski definition) is 0. The number of allylic oxidation sites excluding steroid dienone is 1. The highest BCUT2D eigenvalue weighted by Crippen LogP contribution is 2.15. The molecule has 0 spiro atoms. The molecule has 2 heteroatoms. The fourth-order valence-electron chi connectivity index (χ4n) is 0.628. The van der Waals surface area contributed by atoms with Crippen LogP contribution in [0.2, 0.25) is 0 Å². The lowest BCUT2D eigenvalue weighted by molar-refractivity contribution is 0.551. The predicted molar refractivity (Wildman–Crippen MR) is 53.7 cm³/mol. The van der Waals surface area contributed by atoms with Gasteiger partial charge in [-0.3, -0.25) is 0 Å². The molecule has 0 amide bonds. The Kier molecular flexibility index (Phi) is 5.18. The average molecular weight is 171 g/mol. The summed E-state index contributed by atoms with van der Waals surface area (Å²) in [6.07, 6.45) is 0. The van der Waals surface area contributed by atoms with E-state index in [4.69, 9.17) is 0 Å². The van der Waals surface area contributed by atoms with Gasteiger partial charge in [0, 0.05) is 14.1 Å². The van der Waals surface area contributed by atoms with Crippen molar-refractivity contribution in [3.63, 3.8) is 0 Å². The summed E-state index contributed by atoms with van der Waals surface area (Å²) in [5.74, 6) is 1.10. The molecule has 0 rings (SSSR count). The van der Waals surface area contributed by atoms with Gasteiger partial charge in [0.05, 0.1) is 0 Å². The molecule has 0 aromatic rings. The smallest absolute Gasteiger partial charge is 0.114 e. The van der Waals surface area contributed by atoms with Crippen LogP contribution in [0.4, 0.5) is 0 Å². The molecule has 0 radical (unpaired) electrons. The van der Waals surface area contributed by atoms with E-state index < -0.39 is 0 Å². The van der Waals surface area contributed by atoms with Crippen LogP contribution in [0.15, 0.2) is 16.3 Å². The molecule has 0 saturated heterocycles. The predicted octanol–water partition coefficient (Wildman–Crippen LogP) is 2.71. The maximum atomic E-state index is 3.30. The van der Waals surface area contributed by atoms with E-state index in [1.54, 1.807) is 0 Å². The van der Waals surface area contributed by atoms with Gasteiger partial charge in [0.25, 0.3) is 0 Å². The zero-order valence-corrected chi connectivity index (χ0v) is 8.88. The molecule has 0 atom stereocenters. The molecular formula is C9H17NS. The summed E-state index contributed by atoms with van der Waals surface area (Å²) in [4.78, 5) is 2.10. The molecule has 0 fully saturated rings. The number of nitrogens with zero attached hydrogens (tertiary/aromatic N) is 1. The van der Waals surface area contributed by atoms with Gasteiger partial charge in [-0.2, -0.15) is 0 Å². The first-order valence-electron chi connectivity index (χ1n) is 3.82. The van der Waals surface area contributed by atoms with Gasteiger partial charge in [0.2, 0.25) is 0 Å². The van der Waals surface area contributed by atoms with Crippen molar-refractivity contribution in [1.29, 1.82) is 0 Å². The monoisotopic (exact) mass is 171 g/mol. The van der Waals surface area contributed by atoms with Gasteiger partial charge in [0.1, 0.15) is 5.03 Å². The molecule has 0 N–H and O–H groups in total. The number of hydrogen-bond acceptors (Lipinski definition) is 2. The van der Waals surface area contributed by atoms with Crippen LogP contribution >= 0.6 is 11.8 Å². The van der Waals surface area contributed by atoms with Gasteiger partial charge in [-0.05, 0) is 25.2 Å². The third kappa shape index (κ3) is 5.00. The second-order valence-corrected chi connectivity index (χ2v) is 4.01. The van der Waals surface area contributed by atoms with Crippen molar-refractivity contribution in [1.82, 2.24) is 4.90 Å². The molecule has 1 nitrogen and oxygen atoms in total. The fourth-order valence-corrected chi connectivity index (χ4v) is 1.44. The Labute approximate surface area is 74.2 Å². The highest BCUT2D eigenvalue weighted by molar-refractivity contribution is 8.02. The maximum Gasteiger partial charge on any atom is 0.114 e. The largest absolute Gasteiger partial charge is 0.366 e. The Morgan fingerprint density at radius 1 is 1.36 bits per heavy atom. The average Bonchev–Trinajstić information content (AvgIpc) is 1.86. The zero-order valence-electron chi connectivity index (χ0n) is 8.06. The Balaban J connectivity index is 4.47. The van der Waals surface area contributed by atoms with E-state index in [1.807, 2.05) is 25.9 Å². The maximum absolute atomic E-state index is 3.30. The summed E-state index contributed by atoms with van der Waals surface area (Å²) in [6.45, 7) is 6.29. The van der Waals surface area contributed by atoms with Crippen molar-refractivity contribution in [2.24, 2.45) is 0 Å². The molecule has 11 heavy (non-hydrogen) atoms. The highest BCUT2D eigenvalue weighted by Gasteiger charge is 1.96. The third-order valence-corrected chi connectivity index (χ3v) is 2.07. The minimum Gasteiger partial charge on any atom is -0.366 e. The van der Waals surface area contributed by atoms with Gasteiger partial charge in [-0.25, -0.2) is 0 Å². The SMILES string of the molecule is CCSC(=C=C(C)C)N(C)C. The molecule has 0 bridgehead atoms. The van der Waals surface area contributed by atoms with Crippen LogP contribution in [-0.2, 0) is 0 Å². The summed E-state index contributed by atoms with van der Waals surface area (Å²) in [5, 5.41) is 1.22. The minimum absolute atomic E-state index is 1.10. The van der Waals surface area contributed by atoms with Crippen LogP contribution in [0.25, 0.3) is 0 Å². The lowest BCUT2D eigenvalue weighted by atomic mass is 10.4. The first kappa shape index (κ1) is 10.7. The van der Waals surface area contributed by atoms with Crippen LogP contribution < -0.4 is 0 Å². The van der Waals surface area contributed by atoms with Crippen LogP contribution in [-0.4, -0.2) is 24.7 Å². The quantitative estimate of drug-likeness (QED) is 0.601. The molecule has 0 aliphatic carbocycles. The molecule has 0 heterocycles. The van der Waals surface area contributed by atoms with E-state index in [9.17, 15) is 0 Å². The van der Waals surface area contributed by atoms with Gasteiger partial charge in [-0.1, -0.05) is 12.7 Å². The molecule has 0 saturated carbocycles. The van der Waals surface area contributed by atoms with Crippen molar-refractivity contribution in [2.45, 2.75) is 20.8 Å². The first-order valence-corrected chi connectivity index (χ1v) is 4.80. The molecule has 0 aromatic carbocycles. The molecule has 0 aliphatic heterocycles. The van der Waals surface area contributed by atoms with Gasteiger partial charge in [0.15, 0.2) is 0 Å². The van der Waals surface area contributed by atoms with E-state index in [1.165, 1.54) is 10.6 Å². The lowest BCUT2D eigenvalue weighted by Crippen LogP contribution is -2.07. The number of thioether (sulfide) groups is 1. The summed E-state index contributed by atoms with van der Waals surface area (Å²) >= 11 is 1.82. The van der Waals surface area contributed by atoms with E-state index in [-0.39, 0.29) is 0 Å². The second-order valence-electron chi connectivity index (χ2n) is 2.76. The zero-order chi connectivity index (χ0) is 8.85. The highest BCUT2D eigenvalue weighted by atomic mass is 32.2. The Bertz CT molecular complexity index is 172. The van der Waals surface area contributed by atoms with E-state index in [2.05, 4.69) is 31.4 Å². The first-order chi connectivity index (χ1) is 5.07. The standard InChI is InChI=1S/C9H17NS/c1-6-11-9(10(4)5)7-8(2)3/h6H2,1-5H3. The van der Waals surface area contributed by atoms with Crippen LogP contribution in [0.1, 0.15) is 20.8 Å². The van der Waals surface area contributed by atoms with Gasteiger partial charge < -0.3 is 4.90 Å².